The summed E-state index contributed by atoms with van der Waals surface area (Å²) in [6.07, 6.45) is 2.38. The summed E-state index contributed by atoms with van der Waals surface area (Å²) in [4.78, 5) is 10.9. The predicted molar refractivity (Wildman–Crippen MR) is 111 cm³/mol. The molecule has 1 fully saturated rings. The van der Waals surface area contributed by atoms with Gasteiger partial charge in [0.25, 0.3) is 0 Å². The average molecular weight is 422 g/mol. The zero-order chi connectivity index (χ0) is 21.6. The minimum Gasteiger partial charge on any atom is -0.489 e. The highest BCUT2D eigenvalue weighted by atomic mass is 19.1. The van der Waals surface area contributed by atoms with Gasteiger partial charge in [-0.05, 0) is 54.3 Å². The largest absolute Gasteiger partial charge is 0.489 e. The standard InChI is InChI=1S/C23H23FN4O3/c1-28-22(26)27-23(31-28)11-21(16-3-2-6-29-13-16)30-20-5-4-15(10-19(20)23)17-7-14(12-25)8-18(24)9-17/h4-5,7-10,16,21H,2-3,6,11,13H2,1H3,(H2,26,27). The van der Waals surface area contributed by atoms with Gasteiger partial charge in [-0.2, -0.15) is 5.26 Å². The van der Waals surface area contributed by atoms with Gasteiger partial charge in [0.05, 0.1) is 23.8 Å². The summed E-state index contributed by atoms with van der Waals surface area (Å²) in [5.74, 6) is 0.726. The number of hydrogen-bond acceptors (Lipinski definition) is 7. The van der Waals surface area contributed by atoms with Crippen LogP contribution in [0, 0.1) is 23.1 Å². The molecule has 0 bridgehead atoms. The van der Waals surface area contributed by atoms with Gasteiger partial charge in [0.15, 0.2) is 0 Å². The SMILES string of the molecule is CN1OC2(CC(C3CCCOC3)Oc3ccc(-c4cc(F)cc(C#N)c4)cc32)N=C1N. The molecule has 2 aromatic carbocycles. The number of guanidine groups is 1. The van der Waals surface area contributed by atoms with Crippen LogP contribution in [0.25, 0.3) is 11.1 Å². The van der Waals surface area contributed by atoms with Crippen LogP contribution >= 0.6 is 0 Å². The summed E-state index contributed by atoms with van der Waals surface area (Å²) in [5, 5.41) is 10.7. The minimum absolute atomic E-state index is 0.124. The van der Waals surface area contributed by atoms with E-state index in [-0.39, 0.29) is 23.5 Å². The van der Waals surface area contributed by atoms with Crippen molar-refractivity contribution < 1.29 is 18.7 Å². The van der Waals surface area contributed by atoms with Gasteiger partial charge < -0.3 is 15.2 Å². The van der Waals surface area contributed by atoms with Crippen LogP contribution in [-0.4, -0.2) is 37.4 Å². The fourth-order valence-electron chi connectivity index (χ4n) is 4.59. The Morgan fingerprint density at radius 2 is 2.13 bits per heavy atom. The summed E-state index contributed by atoms with van der Waals surface area (Å²) in [6.45, 7) is 1.42. The van der Waals surface area contributed by atoms with Crippen LogP contribution in [0.15, 0.2) is 41.4 Å². The number of rotatable bonds is 2. The maximum absolute atomic E-state index is 14.0. The molecule has 7 nitrogen and oxygen atoms in total. The van der Waals surface area contributed by atoms with Crippen LogP contribution in [0.1, 0.15) is 30.4 Å². The second-order valence-corrected chi connectivity index (χ2v) is 8.23. The highest BCUT2D eigenvalue weighted by Crippen LogP contribution is 2.48. The topological polar surface area (TPSA) is 93.1 Å². The van der Waals surface area contributed by atoms with Crippen LogP contribution < -0.4 is 10.5 Å². The number of hydrogen-bond donors (Lipinski definition) is 1. The molecular weight excluding hydrogens is 399 g/mol. The van der Waals surface area contributed by atoms with E-state index in [9.17, 15) is 9.65 Å². The van der Waals surface area contributed by atoms with E-state index >= 15 is 0 Å². The van der Waals surface area contributed by atoms with E-state index in [4.69, 9.17) is 20.0 Å². The molecule has 31 heavy (non-hydrogen) atoms. The van der Waals surface area contributed by atoms with Gasteiger partial charge in [0.1, 0.15) is 17.7 Å². The smallest absolute Gasteiger partial charge is 0.221 e. The molecule has 0 radical (unpaired) electrons. The fourth-order valence-corrected chi connectivity index (χ4v) is 4.59. The normalized spacial score (nSPS) is 27.4. The van der Waals surface area contributed by atoms with E-state index in [1.165, 1.54) is 17.2 Å². The van der Waals surface area contributed by atoms with Gasteiger partial charge >= 0.3 is 0 Å². The lowest BCUT2D eigenvalue weighted by Gasteiger charge is -2.41. The molecule has 3 aliphatic rings. The molecule has 2 aromatic rings. The van der Waals surface area contributed by atoms with Crippen molar-refractivity contribution in [2.24, 2.45) is 16.6 Å². The van der Waals surface area contributed by atoms with Crippen LogP contribution in [0.4, 0.5) is 4.39 Å². The first-order valence-corrected chi connectivity index (χ1v) is 10.4. The molecule has 3 atom stereocenters. The number of benzene rings is 2. The average Bonchev–Trinajstić information content (AvgIpc) is 3.07. The molecule has 0 amide bonds. The molecule has 8 heteroatoms. The fraction of sp³-hybridized carbons (Fsp3) is 0.391. The summed E-state index contributed by atoms with van der Waals surface area (Å²) >= 11 is 0. The summed E-state index contributed by atoms with van der Waals surface area (Å²) in [7, 11) is 1.72. The van der Waals surface area contributed by atoms with Gasteiger partial charge in [-0.15, -0.1) is 0 Å². The number of hydroxylamine groups is 2. The van der Waals surface area contributed by atoms with E-state index in [2.05, 4.69) is 4.99 Å². The van der Waals surface area contributed by atoms with Crippen molar-refractivity contribution in [1.29, 1.82) is 5.26 Å². The highest BCUT2D eigenvalue weighted by Gasteiger charge is 2.50. The van der Waals surface area contributed by atoms with Gasteiger partial charge in [-0.1, -0.05) is 6.07 Å². The predicted octanol–water partition coefficient (Wildman–Crippen LogP) is 3.29. The van der Waals surface area contributed by atoms with Crippen molar-refractivity contribution in [3.8, 4) is 22.9 Å². The minimum atomic E-state index is -1.02. The number of nitrogens with zero attached hydrogens (tertiary/aromatic N) is 3. The maximum atomic E-state index is 14.0. The molecular formula is C23H23FN4O3. The lowest BCUT2D eigenvalue weighted by atomic mass is 9.84. The van der Waals surface area contributed by atoms with Crippen LogP contribution in [-0.2, 0) is 15.3 Å². The Morgan fingerprint density at radius 1 is 1.26 bits per heavy atom. The maximum Gasteiger partial charge on any atom is 0.221 e. The Balaban J connectivity index is 1.59. The van der Waals surface area contributed by atoms with Crippen molar-refractivity contribution in [3.05, 3.63) is 53.3 Å². The van der Waals surface area contributed by atoms with Crippen molar-refractivity contribution in [3.63, 3.8) is 0 Å². The van der Waals surface area contributed by atoms with Gasteiger partial charge in [0.2, 0.25) is 11.7 Å². The first kappa shape index (κ1) is 19.8. The van der Waals surface area contributed by atoms with Crippen LogP contribution in [0.2, 0.25) is 0 Å². The number of ether oxygens (including phenoxy) is 2. The van der Waals surface area contributed by atoms with E-state index in [1.807, 2.05) is 24.3 Å². The van der Waals surface area contributed by atoms with Gasteiger partial charge in [-0.3, -0.25) is 0 Å². The second kappa shape index (κ2) is 7.52. The molecule has 1 spiro atoms. The van der Waals surface area contributed by atoms with E-state index in [0.29, 0.717) is 24.3 Å². The third kappa shape index (κ3) is 3.50. The van der Waals surface area contributed by atoms with Crippen LogP contribution in [0.5, 0.6) is 5.75 Å². The summed E-state index contributed by atoms with van der Waals surface area (Å²) in [6, 6.07) is 11.9. The summed E-state index contributed by atoms with van der Waals surface area (Å²) in [5.41, 5.74) is 7.38. The lowest BCUT2D eigenvalue weighted by Crippen LogP contribution is -2.44. The van der Waals surface area contributed by atoms with Gasteiger partial charge in [0, 0.05) is 26.0 Å². The molecule has 0 aromatic heterocycles. The zero-order valence-electron chi connectivity index (χ0n) is 17.2. The Kier molecular flexibility index (Phi) is 4.80. The number of nitriles is 1. The second-order valence-electron chi connectivity index (χ2n) is 8.23. The van der Waals surface area contributed by atoms with Crippen molar-refractivity contribution in [2.75, 3.05) is 20.3 Å². The van der Waals surface area contributed by atoms with Crippen molar-refractivity contribution in [2.45, 2.75) is 31.1 Å². The van der Waals surface area contributed by atoms with Crippen molar-refractivity contribution >= 4 is 5.96 Å². The molecule has 0 aliphatic carbocycles. The molecule has 0 saturated carbocycles. The first-order chi connectivity index (χ1) is 15.0. The Bertz CT molecular complexity index is 1090. The zero-order valence-corrected chi connectivity index (χ0v) is 17.2. The van der Waals surface area contributed by atoms with Crippen molar-refractivity contribution in [1.82, 2.24) is 5.06 Å². The first-order valence-electron chi connectivity index (χ1n) is 10.4. The Hall–Kier alpha value is -3.15. The third-order valence-corrected chi connectivity index (χ3v) is 6.14. The molecule has 160 valence electrons. The highest BCUT2D eigenvalue weighted by molar-refractivity contribution is 5.79. The number of aliphatic imine (C=N–C) groups is 1. The summed E-state index contributed by atoms with van der Waals surface area (Å²) < 4.78 is 26.1. The molecule has 3 unspecified atom stereocenters. The van der Waals surface area contributed by atoms with Gasteiger partial charge in [-0.25, -0.2) is 19.3 Å². The third-order valence-electron chi connectivity index (χ3n) is 6.14. The Labute approximate surface area is 179 Å². The van der Waals surface area contributed by atoms with E-state index in [1.54, 1.807) is 13.1 Å². The molecule has 3 heterocycles. The molecule has 3 aliphatic heterocycles. The number of fused-ring (bicyclic) bond motifs is 2. The van der Waals surface area contributed by atoms with E-state index < -0.39 is 11.5 Å². The molecule has 1 saturated heterocycles. The lowest BCUT2D eigenvalue weighted by molar-refractivity contribution is -0.196. The Morgan fingerprint density at radius 3 is 2.84 bits per heavy atom. The van der Waals surface area contributed by atoms with Crippen LogP contribution in [0.3, 0.4) is 0 Å². The number of halogens is 1. The number of nitrogens with two attached hydrogens (primary N) is 1. The molecule has 2 N–H and O–H groups in total. The monoisotopic (exact) mass is 422 g/mol. The van der Waals surface area contributed by atoms with E-state index in [0.717, 1.165) is 30.6 Å². The quantitative estimate of drug-likeness (QED) is 0.798. The molecule has 5 rings (SSSR count).